The molecule has 0 radical (unpaired) electrons. The minimum Gasteiger partial charge on any atom is -0.507 e. The Hall–Kier alpha value is -2.62. The summed E-state index contributed by atoms with van der Waals surface area (Å²) in [5.41, 5.74) is 2.28. The Morgan fingerprint density at radius 1 is 0.857 bits per heavy atom. The van der Waals surface area contributed by atoms with Gasteiger partial charge in [-0.05, 0) is 43.3 Å². The van der Waals surface area contributed by atoms with Gasteiger partial charge in [-0.25, -0.2) is 0 Å². The average Bonchev–Trinajstić information content (AvgIpc) is 2.72. The van der Waals surface area contributed by atoms with Crippen LogP contribution in [0.1, 0.15) is 12.5 Å². The fraction of sp³-hybridized carbons (Fsp3) is 0.0476. The van der Waals surface area contributed by atoms with Crippen molar-refractivity contribution >= 4 is 36.2 Å². The van der Waals surface area contributed by atoms with Crippen molar-refractivity contribution in [2.45, 2.75) is 6.92 Å². The van der Waals surface area contributed by atoms with Gasteiger partial charge in [0, 0.05) is 30.4 Å². The van der Waals surface area contributed by atoms with Gasteiger partial charge < -0.3 is 5.11 Å². The van der Waals surface area contributed by atoms with Crippen LogP contribution >= 0.6 is 12.4 Å². The number of pyridine rings is 1. The van der Waals surface area contributed by atoms with Crippen LogP contribution in [0, 0.1) is 6.65 Å². The molecule has 3 aromatic rings. The third kappa shape index (κ3) is 10.5. The summed E-state index contributed by atoms with van der Waals surface area (Å²) in [6, 6.07) is 20.4. The number of halogens is 1. The number of para-hydroxylation sites is 3. The molecule has 0 saturated heterocycles. The molecular formula is C21H21ClN3O2Ru+3. The fourth-order valence-corrected chi connectivity index (χ4v) is 1.87. The first-order valence-electron chi connectivity index (χ1n) is 7.79. The first kappa shape index (κ1) is 27.6. The monoisotopic (exact) mass is 484 g/mol. The van der Waals surface area contributed by atoms with Crippen LogP contribution in [0.25, 0.3) is 0 Å². The Morgan fingerprint density at radius 3 is 1.86 bits per heavy atom. The molecular weight excluding hydrogens is 463 g/mol. The molecule has 0 atom stereocenters. The summed E-state index contributed by atoms with van der Waals surface area (Å²) in [6.07, 6.45) is 6.87. The van der Waals surface area contributed by atoms with E-state index in [4.69, 9.17) is 4.65 Å². The first-order valence-corrected chi connectivity index (χ1v) is 7.79. The Balaban J connectivity index is 0. The SMILES string of the molecule is C#[O+].CC=Nc1ccccc1N=Cc1ccccc1O.Cl.[Ru+2].c1ccncc1. The Kier molecular flexibility index (Phi) is 17.5. The number of hydrogen-bond donors (Lipinski definition) is 1. The van der Waals surface area contributed by atoms with Gasteiger partial charge in [-0.2, -0.15) is 0 Å². The van der Waals surface area contributed by atoms with E-state index >= 15 is 0 Å². The second-order valence-corrected chi connectivity index (χ2v) is 4.72. The van der Waals surface area contributed by atoms with Crippen molar-refractivity contribution < 1.29 is 29.2 Å². The van der Waals surface area contributed by atoms with Crippen molar-refractivity contribution in [2.75, 3.05) is 0 Å². The van der Waals surface area contributed by atoms with E-state index in [1.54, 1.807) is 37.0 Å². The van der Waals surface area contributed by atoms with E-state index in [9.17, 15) is 5.11 Å². The molecule has 28 heavy (non-hydrogen) atoms. The normalized spacial score (nSPS) is 9.11. The molecule has 0 aliphatic heterocycles. The van der Waals surface area contributed by atoms with Gasteiger partial charge in [0.15, 0.2) is 0 Å². The number of benzene rings is 2. The minimum absolute atomic E-state index is 0. The summed E-state index contributed by atoms with van der Waals surface area (Å²) in [5, 5.41) is 9.64. The van der Waals surface area contributed by atoms with Crippen LogP contribution < -0.4 is 0 Å². The van der Waals surface area contributed by atoms with Gasteiger partial charge in [0.05, 0.1) is 11.4 Å². The third-order valence-corrected chi connectivity index (χ3v) is 3.00. The molecule has 0 saturated carbocycles. The van der Waals surface area contributed by atoms with E-state index in [0.29, 0.717) is 5.56 Å². The van der Waals surface area contributed by atoms with Gasteiger partial charge in [0.1, 0.15) is 5.75 Å². The molecule has 7 heteroatoms. The summed E-state index contributed by atoms with van der Waals surface area (Å²) in [6.45, 7) is 5.11. The zero-order chi connectivity index (χ0) is 19.0. The number of aliphatic imine (C=N–C) groups is 2. The number of hydrogen-bond acceptors (Lipinski definition) is 4. The van der Waals surface area contributed by atoms with Gasteiger partial charge >= 0.3 is 30.8 Å². The smallest absolute Gasteiger partial charge is 0.507 e. The maximum absolute atomic E-state index is 9.64. The second kappa shape index (κ2) is 17.8. The number of aromatic nitrogens is 1. The zero-order valence-corrected chi connectivity index (χ0v) is 17.8. The average molecular weight is 484 g/mol. The van der Waals surface area contributed by atoms with E-state index in [1.807, 2.05) is 61.5 Å². The molecule has 2 aromatic carbocycles. The molecule has 1 N–H and O–H groups in total. The number of phenolic OH excluding ortho intramolecular Hbond substituents is 1. The van der Waals surface area contributed by atoms with E-state index in [2.05, 4.69) is 21.6 Å². The summed E-state index contributed by atoms with van der Waals surface area (Å²) < 4.78 is 7.75. The van der Waals surface area contributed by atoms with Crippen molar-refractivity contribution in [3.8, 4) is 12.4 Å². The van der Waals surface area contributed by atoms with Crippen LogP contribution in [0.2, 0.25) is 0 Å². The van der Waals surface area contributed by atoms with Crippen LogP contribution in [-0.4, -0.2) is 22.5 Å². The third-order valence-electron chi connectivity index (χ3n) is 3.00. The second-order valence-electron chi connectivity index (χ2n) is 4.72. The zero-order valence-electron chi connectivity index (χ0n) is 15.2. The maximum atomic E-state index is 9.64. The Labute approximate surface area is 184 Å². The topological polar surface area (TPSA) is 77.7 Å². The number of nitrogens with zero attached hydrogens (tertiary/aromatic N) is 3. The summed E-state index contributed by atoms with van der Waals surface area (Å²) >= 11 is 0. The summed E-state index contributed by atoms with van der Waals surface area (Å²) in [5.74, 6) is 0.220. The molecule has 0 bridgehead atoms. The predicted octanol–water partition coefficient (Wildman–Crippen LogP) is 5.37. The van der Waals surface area contributed by atoms with Gasteiger partial charge in [-0.15, -0.1) is 12.4 Å². The Bertz CT molecular complexity index is 830. The van der Waals surface area contributed by atoms with Crippen molar-refractivity contribution in [1.29, 1.82) is 0 Å². The molecule has 0 aliphatic carbocycles. The molecule has 0 unspecified atom stereocenters. The molecule has 0 aliphatic rings. The standard InChI is InChI=1S/C15H14N2O.C5H5N.CHO.ClH.Ru/c1-2-16-13-8-4-5-9-14(13)17-11-12-7-3-6-10-15(12)18;1-2-4-6-5-3-1;1-2;;/h2-11,18H,1H3;1-5H;1H;1H;/q;;+1;;+2. The quantitative estimate of drug-likeness (QED) is 0.309. The molecule has 0 spiro atoms. The summed E-state index contributed by atoms with van der Waals surface area (Å²) in [4.78, 5) is 12.4. The maximum Gasteiger partial charge on any atom is 2.00 e. The Morgan fingerprint density at radius 2 is 1.39 bits per heavy atom. The largest absolute Gasteiger partial charge is 2.00 e. The van der Waals surface area contributed by atoms with Crippen LogP contribution in [0.5, 0.6) is 5.75 Å². The molecule has 144 valence electrons. The van der Waals surface area contributed by atoms with E-state index in [-0.39, 0.29) is 37.6 Å². The number of aromatic hydroxyl groups is 1. The van der Waals surface area contributed by atoms with Crippen molar-refractivity contribution in [1.82, 2.24) is 4.98 Å². The predicted molar refractivity (Wildman–Crippen MR) is 113 cm³/mol. The van der Waals surface area contributed by atoms with Crippen molar-refractivity contribution in [3.63, 3.8) is 0 Å². The molecule has 0 fully saturated rings. The molecule has 0 amide bonds. The minimum atomic E-state index is 0. The van der Waals surface area contributed by atoms with E-state index < -0.39 is 0 Å². The molecule has 1 aromatic heterocycles. The van der Waals surface area contributed by atoms with Crippen LogP contribution in [0.15, 0.2) is 89.1 Å². The van der Waals surface area contributed by atoms with Crippen LogP contribution in [-0.2, 0) is 24.1 Å². The molecule has 3 rings (SSSR count). The number of phenols is 1. The molecule has 1 heterocycles. The van der Waals surface area contributed by atoms with Gasteiger partial charge in [-0.1, -0.05) is 30.3 Å². The fourth-order valence-electron chi connectivity index (χ4n) is 1.87. The van der Waals surface area contributed by atoms with Crippen LogP contribution in [0.4, 0.5) is 11.4 Å². The number of rotatable bonds is 3. The van der Waals surface area contributed by atoms with Crippen molar-refractivity contribution in [2.24, 2.45) is 9.98 Å². The molecule has 5 nitrogen and oxygen atoms in total. The van der Waals surface area contributed by atoms with Gasteiger partial charge in [0.25, 0.3) is 0 Å². The first-order chi connectivity index (χ1) is 12.8. The van der Waals surface area contributed by atoms with E-state index in [0.717, 1.165) is 11.4 Å². The van der Waals surface area contributed by atoms with Gasteiger partial charge in [-0.3, -0.25) is 15.0 Å². The summed E-state index contributed by atoms with van der Waals surface area (Å²) in [7, 11) is 0. The van der Waals surface area contributed by atoms with Gasteiger partial charge in [0.2, 0.25) is 0 Å². The van der Waals surface area contributed by atoms with Crippen LogP contribution in [0.3, 0.4) is 0 Å². The van der Waals surface area contributed by atoms with Crippen molar-refractivity contribution in [3.05, 3.63) is 84.7 Å². The van der Waals surface area contributed by atoms with E-state index in [1.165, 1.54) is 0 Å².